The number of carbonyl (C=O) groups is 1. The van der Waals surface area contributed by atoms with Gasteiger partial charge in [-0.1, -0.05) is 38.1 Å². The standard InChI is InChI=1S/C17H27NO2/c1-13(2)7-12-16(18)15-10-8-14(9-11-15)5-4-6-17(19)20-3/h8-11,13,16H,4-7,12,18H2,1-3H3. The molecule has 0 amide bonds. The van der Waals surface area contributed by atoms with Crippen LogP contribution in [0.5, 0.6) is 0 Å². The van der Waals surface area contributed by atoms with Gasteiger partial charge >= 0.3 is 5.97 Å². The lowest BCUT2D eigenvalue weighted by Crippen LogP contribution is -2.11. The van der Waals surface area contributed by atoms with Gasteiger partial charge in [-0.15, -0.1) is 0 Å². The fourth-order valence-corrected chi connectivity index (χ4v) is 2.15. The third-order valence-electron chi connectivity index (χ3n) is 3.54. The highest BCUT2D eigenvalue weighted by molar-refractivity contribution is 5.69. The lowest BCUT2D eigenvalue weighted by atomic mass is 9.97. The quantitative estimate of drug-likeness (QED) is 0.738. The molecule has 1 aromatic carbocycles. The number of benzene rings is 1. The molecule has 2 N–H and O–H groups in total. The van der Waals surface area contributed by atoms with E-state index >= 15 is 0 Å². The summed E-state index contributed by atoms with van der Waals surface area (Å²) in [6.07, 6.45) is 4.38. The van der Waals surface area contributed by atoms with Crippen LogP contribution in [-0.2, 0) is 16.0 Å². The molecular formula is C17H27NO2. The van der Waals surface area contributed by atoms with E-state index in [0.717, 1.165) is 25.7 Å². The molecule has 3 nitrogen and oxygen atoms in total. The van der Waals surface area contributed by atoms with E-state index < -0.39 is 0 Å². The molecule has 20 heavy (non-hydrogen) atoms. The fourth-order valence-electron chi connectivity index (χ4n) is 2.15. The van der Waals surface area contributed by atoms with Crippen LogP contribution in [0.15, 0.2) is 24.3 Å². The Hall–Kier alpha value is -1.35. The van der Waals surface area contributed by atoms with E-state index in [1.165, 1.54) is 18.2 Å². The maximum Gasteiger partial charge on any atom is 0.305 e. The number of carbonyl (C=O) groups excluding carboxylic acids is 1. The molecule has 1 rings (SSSR count). The average Bonchev–Trinajstić information content (AvgIpc) is 2.45. The highest BCUT2D eigenvalue weighted by atomic mass is 16.5. The Morgan fingerprint density at radius 2 is 1.85 bits per heavy atom. The Morgan fingerprint density at radius 3 is 2.40 bits per heavy atom. The van der Waals surface area contributed by atoms with E-state index in [-0.39, 0.29) is 12.0 Å². The zero-order chi connectivity index (χ0) is 15.0. The van der Waals surface area contributed by atoms with Crippen molar-refractivity contribution in [3.8, 4) is 0 Å². The predicted octanol–water partition coefficient (Wildman–Crippen LogP) is 3.62. The third kappa shape index (κ3) is 6.20. The highest BCUT2D eigenvalue weighted by Crippen LogP contribution is 2.19. The molecule has 1 unspecified atom stereocenters. The molecule has 0 aliphatic carbocycles. The van der Waals surface area contributed by atoms with E-state index in [2.05, 4.69) is 42.8 Å². The van der Waals surface area contributed by atoms with Crippen LogP contribution < -0.4 is 5.73 Å². The molecule has 0 saturated carbocycles. The van der Waals surface area contributed by atoms with Gasteiger partial charge in [0.1, 0.15) is 0 Å². The zero-order valence-electron chi connectivity index (χ0n) is 12.9. The van der Waals surface area contributed by atoms with Crippen molar-refractivity contribution in [2.45, 2.75) is 52.0 Å². The van der Waals surface area contributed by atoms with Crippen LogP contribution in [-0.4, -0.2) is 13.1 Å². The van der Waals surface area contributed by atoms with Crippen molar-refractivity contribution in [3.63, 3.8) is 0 Å². The largest absolute Gasteiger partial charge is 0.469 e. The summed E-state index contributed by atoms with van der Waals surface area (Å²) in [4.78, 5) is 11.0. The molecule has 0 aromatic heterocycles. The number of hydrogen-bond donors (Lipinski definition) is 1. The van der Waals surface area contributed by atoms with Gasteiger partial charge in [0.25, 0.3) is 0 Å². The second-order valence-corrected chi connectivity index (χ2v) is 5.75. The van der Waals surface area contributed by atoms with E-state index in [4.69, 9.17) is 5.73 Å². The lowest BCUT2D eigenvalue weighted by Gasteiger charge is -2.14. The molecule has 0 bridgehead atoms. The van der Waals surface area contributed by atoms with Crippen LogP contribution in [0.4, 0.5) is 0 Å². The molecule has 3 heteroatoms. The van der Waals surface area contributed by atoms with Crippen LogP contribution >= 0.6 is 0 Å². The molecule has 0 fully saturated rings. The molecule has 0 heterocycles. The second-order valence-electron chi connectivity index (χ2n) is 5.75. The normalized spacial score (nSPS) is 12.4. The SMILES string of the molecule is COC(=O)CCCc1ccc(C(N)CCC(C)C)cc1. The number of ether oxygens (including phenoxy) is 1. The average molecular weight is 277 g/mol. The maximum atomic E-state index is 11.0. The number of nitrogens with two attached hydrogens (primary N) is 1. The predicted molar refractivity (Wildman–Crippen MR) is 82.4 cm³/mol. The summed E-state index contributed by atoms with van der Waals surface area (Å²) in [5.41, 5.74) is 8.63. The number of hydrogen-bond acceptors (Lipinski definition) is 3. The van der Waals surface area contributed by atoms with Crippen LogP contribution in [0.1, 0.15) is 56.7 Å². The monoisotopic (exact) mass is 277 g/mol. The van der Waals surface area contributed by atoms with Gasteiger partial charge in [0, 0.05) is 12.5 Å². The smallest absolute Gasteiger partial charge is 0.305 e. The summed E-state index contributed by atoms with van der Waals surface area (Å²) in [5.74, 6) is 0.552. The summed E-state index contributed by atoms with van der Waals surface area (Å²) in [7, 11) is 1.43. The van der Waals surface area contributed by atoms with Crippen LogP contribution in [0.2, 0.25) is 0 Å². The van der Waals surface area contributed by atoms with Crippen molar-refractivity contribution in [1.29, 1.82) is 0 Å². The van der Waals surface area contributed by atoms with Gasteiger partial charge in [0.15, 0.2) is 0 Å². The summed E-state index contributed by atoms with van der Waals surface area (Å²) in [6.45, 7) is 4.44. The van der Waals surface area contributed by atoms with E-state index in [0.29, 0.717) is 12.3 Å². The van der Waals surface area contributed by atoms with Gasteiger partial charge < -0.3 is 10.5 Å². The number of methoxy groups -OCH3 is 1. The topological polar surface area (TPSA) is 52.3 Å². The van der Waals surface area contributed by atoms with Crippen molar-refractivity contribution in [2.24, 2.45) is 11.7 Å². The first kappa shape index (κ1) is 16.7. The Balaban J connectivity index is 2.41. The van der Waals surface area contributed by atoms with Gasteiger partial charge in [0.05, 0.1) is 7.11 Å². The molecule has 0 aliphatic heterocycles. The summed E-state index contributed by atoms with van der Waals surface area (Å²) >= 11 is 0. The maximum absolute atomic E-state index is 11.0. The van der Waals surface area contributed by atoms with Crippen molar-refractivity contribution >= 4 is 5.97 Å². The zero-order valence-corrected chi connectivity index (χ0v) is 12.9. The van der Waals surface area contributed by atoms with Crippen molar-refractivity contribution in [3.05, 3.63) is 35.4 Å². The second kappa shape index (κ2) is 8.75. The minimum Gasteiger partial charge on any atom is -0.469 e. The van der Waals surface area contributed by atoms with E-state index in [9.17, 15) is 4.79 Å². The minimum absolute atomic E-state index is 0.126. The van der Waals surface area contributed by atoms with Gasteiger partial charge in [-0.3, -0.25) is 4.79 Å². The molecule has 0 saturated heterocycles. The molecule has 112 valence electrons. The molecule has 0 aliphatic rings. The number of rotatable bonds is 8. The molecule has 1 aromatic rings. The van der Waals surface area contributed by atoms with Crippen LogP contribution in [0.3, 0.4) is 0 Å². The lowest BCUT2D eigenvalue weighted by molar-refractivity contribution is -0.140. The van der Waals surface area contributed by atoms with Gasteiger partial charge in [0.2, 0.25) is 0 Å². The Kier molecular flexibility index (Phi) is 7.31. The summed E-state index contributed by atoms with van der Waals surface area (Å²) < 4.78 is 4.63. The van der Waals surface area contributed by atoms with E-state index in [1.807, 2.05) is 0 Å². The fraction of sp³-hybridized carbons (Fsp3) is 0.588. The number of esters is 1. The molecule has 0 spiro atoms. The molecule has 1 atom stereocenters. The third-order valence-corrected chi connectivity index (χ3v) is 3.54. The van der Waals surface area contributed by atoms with Gasteiger partial charge in [-0.05, 0) is 42.7 Å². The van der Waals surface area contributed by atoms with Crippen molar-refractivity contribution < 1.29 is 9.53 Å². The number of aryl methyl sites for hydroxylation is 1. The van der Waals surface area contributed by atoms with E-state index in [1.54, 1.807) is 0 Å². The summed E-state index contributed by atoms with van der Waals surface area (Å²) in [6, 6.07) is 8.57. The molecule has 0 radical (unpaired) electrons. The Bertz CT molecular complexity index is 398. The first-order valence-electron chi connectivity index (χ1n) is 7.44. The van der Waals surface area contributed by atoms with Crippen molar-refractivity contribution in [1.82, 2.24) is 0 Å². The highest BCUT2D eigenvalue weighted by Gasteiger charge is 2.07. The van der Waals surface area contributed by atoms with Crippen LogP contribution in [0.25, 0.3) is 0 Å². The van der Waals surface area contributed by atoms with Gasteiger partial charge in [-0.25, -0.2) is 0 Å². The van der Waals surface area contributed by atoms with Crippen LogP contribution in [0, 0.1) is 5.92 Å². The Labute approximate surface area is 122 Å². The first-order valence-corrected chi connectivity index (χ1v) is 7.44. The first-order chi connectivity index (χ1) is 9.52. The van der Waals surface area contributed by atoms with Crippen molar-refractivity contribution in [2.75, 3.05) is 7.11 Å². The molecular weight excluding hydrogens is 250 g/mol. The Morgan fingerprint density at radius 1 is 1.20 bits per heavy atom. The van der Waals surface area contributed by atoms with Gasteiger partial charge in [-0.2, -0.15) is 0 Å². The summed E-state index contributed by atoms with van der Waals surface area (Å²) in [5, 5.41) is 0. The minimum atomic E-state index is -0.141.